The Hall–Kier alpha value is -3.82. The van der Waals surface area contributed by atoms with E-state index in [4.69, 9.17) is 4.74 Å². The summed E-state index contributed by atoms with van der Waals surface area (Å²) in [6.45, 7) is 2.01. The minimum absolute atomic E-state index is 0.0340. The van der Waals surface area contributed by atoms with Gasteiger partial charge in [-0.3, -0.25) is 29.5 Å². The van der Waals surface area contributed by atoms with E-state index in [9.17, 15) is 24.5 Å². The van der Waals surface area contributed by atoms with Crippen LogP contribution in [0, 0.1) is 16.0 Å². The minimum Gasteiger partial charge on any atom is -0.466 e. The van der Waals surface area contributed by atoms with Crippen LogP contribution in [0.3, 0.4) is 0 Å². The molecular formula is C21H22N4O6. The van der Waals surface area contributed by atoms with Gasteiger partial charge in [-0.05, 0) is 24.6 Å². The summed E-state index contributed by atoms with van der Waals surface area (Å²) in [5.74, 6) is -1.81. The van der Waals surface area contributed by atoms with E-state index in [2.05, 4.69) is 10.3 Å². The second-order valence-corrected chi connectivity index (χ2v) is 7.04. The number of nitro benzene ring substituents is 1. The van der Waals surface area contributed by atoms with E-state index < -0.39 is 22.9 Å². The molecule has 0 spiro atoms. The van der Waals surface area contributed by atoms with Gasteiger partial charge in [0.15, 0.2) is 0 Å². The van der Waals surface area contributed by atoms with E-state index >= 15 is 0 Å². The molecule has 1 fully saturated rings. The molecule has 2 amide bonds. The van der Waals surface area contributed by atoms with Crippen LogP contribution >= 0.6 is 0 Å². The lowest BCUT2D eigenvalue weighted by molar-refractivity contribution is -0.384. The van der Waals surface area contributed by atoms with Gasteiger partial charge in [-0.25, -0.2) is 0 Å². The lowest BCUT2D eigenvalue weighted by atomic mass is 10.0. The first-order valence-electron chi connectivity index (χ1n) is 9.79. The van der Waals surface area contributed by atoms with Gasteiger partial charge in [0.25, 0.3) is 5.69 Å². The molecule has 3 rings (SSSR count). The molecule has 0 radical (unpaired) electrons. The van der Waals surface area contributed by atoms with E-state index in [-0.39, 0.29) is 43.5 Å². The summed E-state index contributed by atoms with van der Waals surface area (Å²) in [5.41, 5.74) is 0.873. The standard InChI is InChI=1S/C21H22N4O6/c1-2-31-20(27)11-18(14-5-4-8-22-12-14)23-21(28)15-9-19(26)24(13-15)16-6-3-7-17(10-16)25(29)30/h3-8,10,12,15,18H,2,9,11,13H2,1H3,(H,23,28). The van der Waals surface area contributed by atoms with Gasteiger partial charge in [0.2, 0.25) is 11.8 Å². The van der Waals surface area contributed by atoms with Crippen LogP contribution in [0.15, 0.2) is 48.8 Å². The molecule has 2 heterocycles. The molecule has 0 bridgehead atoms. The predicted molar refractivity (Wildman–Crippen MR) is 110 cm³/mol. The van der Waals surface area contributed by atoms with Crippen molar-refractivity contribution in [2.24, 2.45) is 5.92 Å². The third kappa shape index (κ3) is 5.41. The molecule has 2 unspecified atom stereocenters. The van der Waals surface area contributed by atoms with Crippen molar-refractivity contribution in [3.8, 4) is 0 Å². The largest absolute Gasteiger partial charge is 0.466 e. The molecule has 31 heavy (non-hydrogen) atoms. The number of pyridine rings is 1. The number of aromatic nitrogens is 1. The normalized spacial score (nSPS) is 16.6. The van der Waals surface area contributed by atoms with Gasteiger partial charge in [0, 0.05) is 37.5 Å². The lowest BCUT2D eigenvalue weighted by Gasteiger charge is -2.21. The molecule has 1 aliphatic heterocycles. The SMILES string of the molecule is CCOC(=O)CC(NC(=O)C1CC(=O)N(c2cccc([N+](=O)[O-])c2)C1)c1cccnc1. The Morgan fingerprint density at radius 1 is 1.35 bits per heavy atom. The van der Waals surface area contributed by atoms with E-state index in [0.717, 1.165) is 0 Å². The molecule has 1 saturated heterocycles. The Balaban J connectivity index is 1.72. The Kier molecular flexibility index (Phi) is 6.91. The van der Waals surface area contributed by atoms with Crippen molar-refractivity contribution in [1.29, 1.82) is 0 Å². The average molecular weight is 426 g/mol. The number of ether oxygens (including phenoxy) is 1. The van der Waals surface area contributed by atoms with Gasteiger partial charge >= 0.3 is 5.97 Å². The molecule has 162 valence electrons. The lowest BCUT2D eigenvalue weighted by Crippen LogP contribution is -2.36. The number of anilines is 1. The Labute approximate surface area is 178 Å². The number of nitrogens with one attached hydrogen (secondary N) is 1. The fourth-order valence-electron chi connectivity index (χ4n) is 3.42. The highest BCUT2D eigenvalue weighted by atomic mass is 16.6. The highest BCUT2D eigenvalue weighted by molar-refractivity contribution is 6.00. The van der Waals surface area contributed by atoms with Crippen LogP contribution in [0.1, 0.15) is 31.4 Å². The van der Waals surface area contributed by atoms with Crippen molar-refractivity contribution in [3.63, 3.8) is 0 Å². The number of amides is 2. The van der Waals surface area contributed by atoms with Crippen LogP contribution in [-0.4, -0.2) is 40.8 Å². The van der Waals surface area contributed by atoms with Crippen LogP contribution in [0.5, 0.6) is 0 Å². The number of rotatable bonds is 8. The summed E-state index contributed by atoms with van der Waals surface area (Å²) in [5, 5.41) is 13.8. The molecule has 10 nitrogen and oxygen atoms in total. The first kappa shape index (κ1) is 21.9. The maximum Gasteiger partial charge on any atom is 0.308 e. The molecule has 1 aliphatic rings. The maximum atomic E-state index is 12.9. The number of hydrogen-bond donors (Lipinski definition) is 1. The number of nitrogens with zero attached hydrogens (tertiary/aromatic N) is 3. The van der Waals surface area contributed by atoms with E-state index in [0.29, 0.717) is 11.3 Å². The van der Waals surface area contributed by atoms with Crippen molar-refractivity contribution >= 4 is 29.2 Å². The fourth-order valence-corrected chi connectivity index (χ4v) is 3.42. The van der Waals surface area contributed by atoms with E-state index in [1.807, 2.05) is 0 Å². The second-order valence-electron chi connectivity index (χ2n) is 7.04. The Morgan fingerprint density at radius 3 is 2.84 bits per heavy atom. The van der Waals surface area contributed by atoms with E-state index in [1.54, 1.807) is 37.5 Å². The number of nitro groups is 1. The minimum atomic E-state index is -0.659. The first-order chi connectivity index (χ1) is 14.9. The van der Waals surface area contributed by atoms with Gasteiger partial charge in [-0.15, -0.1) is 0 Å². The van der Waals surface area contributed by atoms with Gasteiger partial charge in [-0.2, -0.15) is 0 Å². The molecule has 2 atom stereocenters. The van der Waals surface area contributed by atoms with Gasteiger partial charge < -0.3 is 15.0 Å². The number of non-ortho nitro benzene ring substituents is 1. The zero-order valence-electron chi connectivity index (χ0n) is 16.9. The van der Waals surface area contributed by atoms with Crippen molar-refractivity contribution in [1.82, 2.24) is 10.3 Å². The summed E-state index contributed by atoms with van der Waals surface area (Å²) in [7, 11) is 0. The van der Waals surface area contributed by atoms with Crippen LogP contribution in [-0.2, 0) is 19.1 Å². The second kappa shape index (κ2) is 9.79. The number of carbonyl (C=O) groups is 3. The van der Waals surface area contributed by atoms with Crippen molar-refractivity contribution in [2.45, 2.75) is 25.8 Å². The molecular weight excluding hydrogens is 404 g/mol. The summed E-state index contributed by atoms with van der Waals surface area (Å²) in [4.78, 5) is 53.2. The number of benzene rings is 1. The summed E-state index contributed by atoms with van der Waals surface area (Å²) < 4.78 is 5.00. The van der Waals surface area contributed by atoms with Crippen LogP contribution < -0.4 is 10.2 Å². The molecule has 0 saturated carbocycles. The molecule has 1 N–H and O–H groups in total. The summed E-state index contributed by atoms with van der Waals surface area (Å²) in [6, 6.07) is 8.51. The monoisotopic (exact) mass is 426 g/mol. The van der Waals surface area contributed by atoms with Crippen LogP contribution in [0.4, 0.5) is 11.4 Å². The topological polar surface area (TPSA) is 132 Å². The fraction of sp³-hybridized carbons (Fsp3) is 0.333. The highest BCUT2D eigenvalue weighted by Gasteiger charge is 2.36. The van der Waals surface area contributed by atoms with Crippen molar-refractivity contribution in [2.75, 3.05) is 18.1 Å². The maximum absolute atomic E-state index is 12.9. The first-order valence-corrected chi connectivity index (χ1v) is 9.79. The molecule has 1 aromatic carbocycles. The Morgan fingerprint density at radius 2 is 2.16 bits per heavy atom. The average Bonchev–Trinajstić information content (AvgIpc) is 3.16. The predicted octanol–water partition coefficient (Wildman–Crippen LogP) is 2.15. The number of esters is 1. The summed E-state index contributed by atoms with van der Waals surface area (Å²) >= 11 is 0. The number of hydrogen-bond acceptors (Lipinski definition) is 7. The van der Waals surface area contributed by atoms with E-state index in [1.165, 1.54) is 23.1 Å². The summed E-state index contributed by atoms with van der Waals surface area (Å²) in [6.07, 6.45) is 3.03. The van der Waals surface area contributed by atoms with Crippen LogP contribution in [0.25, 0.3) is 0 Å². The quantitative estimate of drug-likeness (QED) is 0.389. The number of carbonyl (C=O) groups excluding carboxylic acids is 3. The smallest absolute Gasteiger partial charge is 0.308 e. The van der Waals surface area contributed by atoms with Crippen molar-refractivity contribution < 1.29 is 24.0 Å². The van der Waals surface area contributed by atoms with Gasteiger partial charge in [0.1, 0.15) is 0 Å². The molecule has 1 aromatic heterocycles. The third-order valence-corrected chi connectivity index (χ3v) is 4.93. The zero-order valence-corrected chi connectivity index (χ0v) is 16.9. The van der Waals surface area contributed by atoms with Crippen LogP contribution in [0.2, 0.25) is 0 Å². The molecule has 0 aliphatic carbocycles. The zero-order chi connectivity index (χ0) is 22.4. The van der Waals surface area contributed by atoms with Crippen molar-refractivity contribution in [3.05, 3.63) is 64.5 Å². The highest BCUT2D eigenvalue weighted by Crippen LogP contribution is 2.28. The molecule has 2 aromatic rings. The van der Waals surface area contributed by atoms with Gasteiger partial charge in [0.05, 0.1) is 35.6 Å². The molecule has 10 heteroatoms. The van der Waals surface area contributed by atoms with Gasteiger partial charge in [-0.1, -0.05) is 12.1 Å². The third-order valence-electron chi connectivity index (χ3n) is 4.93. The Bertz CT molecular complexity index is 981.